The van der Waals surface area contributed by atoms with E-state index in [-0.39, 0.29) is 6.42 Å². The number of halogens is 3. The van der Waals surface area contributed by atoms with Crippen LogP contribution in [0.4, 0.5) is 13.2 Å². The lowest BCUT2D eigenvalue weighted by atomic mass is 10.1. The number of hydrogen-bond acceptors (Lipinski definition) is 2. The molecule has 0 amide bonds. The molecule has 1 N–H and O–H groups in total. The van der Waals surface area contributed by atoms with Crippen LogP contribution in [0, 0.1) is 0 Å². The highest BCUT2D eigenvalue weighted by Gasteiger charge is 2.28. The largest absolute Gasteiger partial charge is 0.389 e. The molecule has 1 rings (SSSR count). The van der Waals surface area contributed by atoms with Gasteiger partial charge in [0.15, 0.2) is 0 Å². The molecule has 14 heavy (non-hydrogen) atoms. The maximum absolute atomic E-state index is 11.9. The molecule has 0 unspecified atom stereocenters. The van der Waals surface area contributed by atoms with Gasteiger partial charge < -0.3 is 5.32 Å². The summed E-state index contributed by atoms with van der Waals surface area (Å²) in [7, 11) is 0. The van der Waals surface area contributed by atoms with E-state index in [2.05, 4.69) is 10.2 Å². The molecule has 0 aromatic rings. The first-order valence-corrected chi connectivity index (χ1v) is 5.04. The third-order valence-corrected chi connectivity index (χ3v) is 2.59. The van der Waals surface area contributed by atoms with E-state index < -0.39 is 12.6 Å². The van der Waals surface area contributed by atoms with Crippen molar-refractivity contribution in [2.24, 2.45) is 0 Å². The van der Waals surface area contributed by atoms with Crippen LogP contribution in [-0.4, -0.2) is 43.3 Å². The smallest absolute Gasteiger partial charge is 0.314 e. The summed E-state index contributed by atoms with van der Waals surface area (Å²) in [4.78, 5) is 2.11. The lowest BCUT2D eigenvalue weighted by Crippen LogP contribution is -2.57. The highest BCUT2D eigenvalue weighted by atomic mass is 19.4. The van der Waals surface area contributed by atoms with Gasteiger partial charge >= 0.3 is 6.18 Å². The van der Waals surface area contributed by atoms with Crippen molar-refractivity contribution < 1.29 is 13.2 Å². The highest BCUT2D eigenvalue weighted by molar-refractivity contribution is 4.83. The summed E-state index contributed by atoms with van der Waals surface area (Å²) in [6.45, 7) is 5.22. The quantitative estimate of drug-likeness (QED) is 0.741. The fourth-order valence-corrected chi connectivity index (χ4v) is 1.61. The van der Waals surface area contributed by atoms with Crippen LogP contribution < -0.4 is 5.32 Å². The van der Waals surface area contributed by atoms with Crippen LogP contribution in [0.5, 0.6) is 0 Å². The van der Waals surface area contributed by atoms with Crippen LogP contribution >= 0.6 is 0 Å². The molecule has 1 saturated heterocycles. The van der Waals surface area contributed by atoms with Crippen LogP contribution in [0.2, 0.25) is 0 Å². The predicted octanol–water partition coefficient (Wildman–Crippen LogP) is 1.62. The minimum absolute atomic E-state index is 0.216. The maximum atomic E-state index is 11.9. The first-order valence-electron chi connectivity index (χ1n) is 5.04. The number of alkyl halides is 3. The van der Waals surface area contributed by atoms with E-state index >= 15 is 0 Å². The van der Waals surface area contributed by atoms with Gasteiger partial charge in [-0.25, -0.2) is 0 Å². The molecule has 0 atom stereocenters. The second-order valence-electron chi connectivity index (χ2n) is 3.66. The van der Waals surface area contributed by atoms with Gasteiger partial charge in [0.2, 0.25) is 0 Å². The Balaban J connectivity index is 2.14. The molecule has 0 bridgehead atoms. The Morgan fingerprint density at radius 1 is 1.36 bits per heavy atom. The summed E-state index contributed by atoms with van der Waals surface area (Å²) in [5.74, 6) is 0. The predicted molar refractivity (Wildman–Crippen MR) is 49.2 cm³/mol. The topological polar surface area (TPSA) is 15.3 Å². The zero-order valence-corrected chi connectivity index (χ0v) is 8.40. The average Bonchev–Trinajstić information content (AvgIpc) is 1.96. The monoisotopic (exact) mass is 210 g/mol. The molecular formula is C9H17F3N2. The Kier molecular flexibility index (Phi) is 4.19. The normalized spacial score (nSPS) is 18.6. The van der Waals surface area contributed by atoms with Crippen LogP contribution in [0.1, 0.15) is 19.8 Å². The zero-order chi connectivity index (χ0) is 10.6. The number of nitrogens with one attached hydrogen (secondary N) is 1. The first kappa shape index (κ1) is 11.8. The van der Waals surface area contributed by atoms with Crippen LogP contribution in [-0.2, 0) is 0 Å². The average molecular weight is 210 g/mol. The van der Waals surface area contributed by atoms with Gasteiger partial charge in [0.05, 0.1) is 0 Å². The Morgan fingerprint density at radius 3 is 2.36 bits per heavy atom. The van der Waals surface area contributed by atoms with E-state index in [4.69, 9.17) is 0 Å². The van der Waals surface area contributed by atoms with E-state index in [1.54, 1.807) is 0 Å². The summed E-state index contributed by atoms with van der Waals surface area (Å²) >= 11 is 0. The number of hydrogen-bond donors (Lipinski definition) is 1. The second kappa shape index (κ2) is 4.98. The summed E-state index contributed by atoms with van der Waals surface area (Å²) in [5.41, 5.74) is 0. The minimum atomic E-state index is -4.00. The second-order valence-corrected chi connectivity index (χ2v) is 3.66. The van der Waals surface area contributed by atoms with Crippen LogP contribution in [0.25, 0.3) is 0 Å². The van der Waals surface area contributed by atoms with Crippen molar-refractivity contribution in [3.63, 3.8) is 0 Å². The molecule has 0 saturated carbocycles. The van der Waals surface area contributed by atoms with Crippen molar-refractivity contribution in [2.75, 3.05) is 26.2 Å². The van der Waals surface area contributed by atoms with E-state index in [0.717, 1.165) is 19.6 Å². The molecule has 0 aromatic carbocycles. The molecule has 5 heteroatoms. The number of nitrogens with zero attached hydrogens (tertiary/aromatic N) is 1. The summed E-state index contributed by atoms with van der Waals surface area (Å²) in [6, 6.07) is 0.452. The maximum Gasteiger partial charge on any atom is 0.389 e. The minimum Gasteiger partial charge on any atom is -0.314 e. The molecule has 1 heterocycles. The molecule has 0 aliphatic carbocycles. The van der Waals surface area contributed by atoms with Gasteiger partial charge in [-0.05, 0) is 19.5 Å². The van der Waals surface area contributed by atoms with Crippen molar-refractivity contribution in [1.82, 2.24) is 10.2 Å². The molecule has 0 spiro atoms. The zero-order valence-electron chi connectivity index (χ0n) is 8.40. The SMILES string of the molecule is CCN(CCCC(F)(F)F)C1CNC1. The fraction of sp³-hybridized carbons (Fsp3) is 1.00. The van der Waals surface area contributed by atoms with Gasteiger partial charge in [-0.2, -0.15) is 13.2 Å². The van der Waals surface area contributed by atoms with Crippen LogP contribution in [0.3, 0.4) is 0 Å². The van der Waals surface area contributed by atoms with E-state index in [1.807, 2.05) is 6.92 Å². The Bertz CT molecular complexity index is 166. The lowest BCUT2D eigenvalue weighted by Gasteiger charge is -2.37. The standard InChI is InChI=1S/C9H17F3N2/c1-2-14(8-6-13-7-8)5-3-4-9(10,11)12/h8,13H,2-7H2,1H3. The van der Waals surface area contributed by atoms with Crippen LogP contribution in [0.15, 0.2) is 0 Å². The Morgan fingerprint density at radius 2 is 2.00 bits per heavy atom. The molecule has 0 aromatic heterocycles. The van der Waals surface area contributed by atoms with Gasteiger partial charge in [0.25, 0.3) is 0 Å². The summed E-state index contributed by atoms with van der Waals surface area (Å²) in [6.07, 6.45) is -4.45. The van der Waals surface area contributed by atoms with Crippen molar-refractivity contribution in [1.29, 1.82) is 0 Å². The first-order chi connectivity index (χ1) is 6.53. The van der Waals surface area contributed by atoms with Crippen molar-refractivity contribution in [3.05, 3.63) is 0 Å². The van der Waals surface area contributed by atoms with Crippen molar-refractivity contribution in [3.8, 4) is 0 Å². The third kappa shape index (κ3) is 3.84. The van der Waals surface area contributed by atoms with Crippen molar-refractivity contribution in [2.45, 2.75) is 32.0 Å². The fourth-order valence-electron chi connectivity index (χ4n) is 1.61. The van der Waals surface area contributed by atoms with E-state index in [1.165, 1.54) is 0 Å². The molecule has 1 fully saturated rings. The van der Waals surface area contributed by atoms with E-state index in [0.29, 0.717) is 12.6 Å². The van der Waals surface area contributed by atoms with Gasteiger partial charge in [-0.1, -0.05) is 6.92 Å². The Labute approximate surface area is 82.5 Å². The van der Waals surface area contributed by atoms with Gasteiger partial charge in [-0.15, -0.1) is 0 Å². The molecule has 1 aliphatic heterocycles. The molecule has 84 valence electrons. The third-order valence-electron chi connectivity index (χ3n) is 2.59. The van der Waals surface area contributed by atoms with Crippen molar-refractivity contribution >= 4 is 0 Å². The van der Waals surface area contributed by atoms with Gasteiger partial charge in [-0.3, -0.25) is 4.90 Å². The molecule has 1 aliphatic rings. The molecule has 2 nitrogen and oxygen atoms in total. The summed E-state index contributed by atoms with van der Waals surface area (Å²) < 4.78 is 35.6. The highest BCUT2D eigenvalue weighted by Crippen LogP contribution is 2.21. The Hall–Kier alpha value is -0.290. The number of likely N-dealkylation sites (N-methyl/N-ethyl adjacent to an activating group) is 1. The molecule has 0 radical (unpaired) electrons. The van der Waals surface area contributed by atoms with Gasteiger partial charge in [0, 0.05) is 25.6 Å². The lowest BCUT2D eigenvalue weighted by molar-refractivity contribution is -0.136. The number of rotatable bonds is 5. The molecular weight excluding hydrogens is 193 g/mol. The summed E-state index contributed by atoms with van der Waals surface area (Å²) in [5, 5.41) is 3.12. The van der Waals surface area contributed by atoms with E-state index in [9.17, 15) is 13.2 Å². The van der Waals surface area contributed by atoms with Gasteiger partial charge in [0.1, 0.15) is 0 Å².